The highest BCUT2D eigenvalue weighted by Gasteiger charge is 2.35. The molecule has 32 heavy (non-hydrogen) atoms. The summed E-state index contributed by atoms with van der Waals surface area (Å²) in [5.41, 5.74) is 2.83. The summed E-state index contributed by atoms with van der Waals surface area (Å²) >= 11 is 14.7. The zero-order valence-corrected chi connectivity index (χ0v) is 21.9. The Labute approximate surface area is 213 Å². The van der Waals surface area contributed by atoms with Gasteiger partial charge in [-0.05, 0) is 82.5 Å². The third-order valence-corrected chi connectivity index (χ3v) is 7.47. The molecule has 8 heteroatoms. The number of hydrogen-bond donors (Lipinski definition) is 0. The molecule has 4 nitrogen and oxygen atoms in total. The van der Waals surface area contributed by atoms with Crippen LogP contribution in [0.3, 0.4) is 0 Å². The molecule has 0 radical (unpaired) electrons. The smallest absolute Gasteiger partial charge is 0.238 e. The topological polar surface area (TPSA) is 38.8 Å². The van der Waals surface area contributed by atoms with E-state index in [1.807, 2.05) is 55.5 Å². The lowest BCUT2D eigenvalue weighted by molar-refractivity contribution is -0.115. The van der Waals surface area contributed by atoms with Gasteiger partial charge in [0.25, 0.3) is 0 Å². The van der Waals surface area contributed by atoms with Crippen LogP contribution in [0.1, 0.15) is 23.4 Å². The van der Waals surface area contributed by atoms with Crippen LogP contribution in [-0.2, 0) is 11.4 Å². The molecular weight excluding hydrogens is 578 g/mol. The molecule has 0 spiro atoms. The third-order valence-electron chi connectivity index (χ3n) is 4.89. The van der Waals surface area contributed by atoms with E-state index in [9.17, 15) is 4.79 Å². The molecule has 0 aliphatic carbocycles. The number of rotatable bonds is 7. The Bertz CT molecular complexity index is 1110. The summed E-state index contributed by atoms with van der Waals surface area (Å²) < 4.78 is 13.8. The van der Waals surface area contributed by atoms with Gasteiger partial charge in [-0.3, -0.25) is 9.69 Å². The Morgan fingerprint density at radius 1 is 1.06 bits per heavy atom. The maximum Gasteiger partial charge on any atom is 0.238 e. The molecule has 1 amide bonds. The van der Waals surface area contributed by atoms with Gasteiger partial charge in [0.2, 0.25) is 5.91 Å². The van der Waals surface area contributed by atoms with Crippen molar-refractivity contribution in [2.75, 3.05) is 17.3 Å². The molecule has 1 aliphatic rings. The average Bonchev–Trinajstić information content (AvgIpc) is 3.16. The van der Waals surface area contributed by atoms with E-state index in [-0.39, 0.29) is 11.3 Å². The molecule has 1 aliphatic heterocycles. The lowest BCUT2D eigenvalue weighted by Gasteiger charge is -2.25. The van der Waals surface area contributed by atoms with Gasteiger partial charge in [-0.25, -0.2) is 0 Å². The fraction of sp³-hybridized carbons (Fsp3) is 0.208. The van der Waals surface area contributed by atoms with E-state index in [1.54, 1.807) is 28.8 Å². The van der Waals surface area contributed by atoms with Crippen molar-refractivity contribution in [1.82, 2.24) is 0 Å². The monoisotopic (exact) mass is 595 g/mol. The van der Waals surface area contributed by atoms with Crippen molar-refractivity contribution in [1.29, 1.82) is 0 Å². The van der Waals surface area contributed by atoms with Crippen molar-refractivity contribution in [2.45, 2.75) is 18.9 Å². The SMILES string of the molecule is CCOc1cc([C@H]2SCC(=O)N2c2ccc(Cl)cc2)cc(Br)c1OCc1ccc(Br)cc1. The van der Waals surface area contributed by atoms with Gasteiger partial charge < -0.3 is 9.47 Å². The van der Waals surface area contributed by atoms with Crippen molar-refractivity contribution < 1.29 is 14.3 Å². The molecule has 0 saturated carbocycles. The first kappa shape index (κ1) is 23.5. The summed E-state index contributed by atoms with van der Waals surface area (Å²) in [6, 6.07) is 19.3. The summed E-state index contributed by atoms with van der Waals surface area (Å²) in [7, 11) is 0. The second-order valence-corrected chi connectivity index (χ2v) is 10.4. The Morgan fingerprint density at radius 2 is 1.78 bits per heavy atom. The second kappa shape index (κ2) is 10.5. The molecule has 1 heterocycles. The zero-order chi connectivity index (χ0) is 22.7. The fourth-order valence-electron chi connectivity index (χ4n) is 3.42. The zero-order valence-electron chi connectivity index (χ0n) is 17.2. The normalized spacial score (nSPS) is 15.8. The third kappa shape index (κ3) is 5.28. The lowest BCUT2D eigenvalue weighted by Crippen LogP contribution is -2.27. The van der Waals surface area contributed by atoms with Gasteiger partial charge in [-0.2, -0.15) is 0 Å². The van der Waals surface area contributed by atoms with Gasteiger partial charge in [0.15, 0.2) is 11.5 Å². The Balaban J connectivity index is 1.63. The number of thioether (sulfide) groups is 1. The van der Waals surface area contributed by atoms with Crippen LogP contribution in [0.2, 0.25) is 5.02 Å². The van der Waals surface area contributed by atoms with Crippen LogP contribution in [0, 0.1) is 0 Å². The van der Waals surface area contributed by atoms with Crippen LogP contribution in [0.15, 0.2) is 69.6 Å². The summed E-state index contributed by atoms with van der Waals surface area (Å²) in [6.45, 7) is 2.86. The predicted molar refractivity (Wildman–Crippen MR) is 138 cm³/mol. The minimum Gasteiger partial charge on any atom is -0.490 e. The standard InChI is InChI=1S/C24H20Br2ClNO3S/c1-2-30-21-12-16(11-20(26)23(21)31-13-15-3-5-17(25)6-4-15)24-28(22(29)14-32-24)19-9-7-18(27)8-10-19/h3-12,24H,2,13-14H2,1H3/t24-/m1/s1. The number of ether oxygens (including phenoxy) is 2. The first-order valence-corrected chi connectivity index (χ1v) is 13.0. The van der Waals surface area contributed by atoms with Crippen molar-refractivity contribution in [3.05, 3.63) is 85.8 Å². The summed E-state index contributed by atoms with van der Waals surface area (Å²) in [6.07, 6.45) is 0. The molecule has 1 fully saturated rings. The van der Waals surface area contributed by atoms with Crippen LogP contribution in [0.4, 0.5) is 5.69 Å². The van der Waals surface area contributed by atoms with Crippen LogP contribution in [0.5, 0.6) is 11.5 Å². The van der Waals surface area contributed by atoms with E-state index in [0.29, 0.717) is 35.5 Å². The van der Waals surface area contributed by atoms with Crippen molar-refractivity contribution in [2.24, 2.45) is 0 Å². The highest BCUT2D eigenvalue weighted by molar-refractivity contribution is 9.10. The first-order valence-electron chi connectivity index (χ1n) is 9.99. The lowest BCUT2D eigenvalue weighted by atomic mass is 10.1. The maximum absolute atomic E-state index is 12.7. The largest absolute Gasteiger partial charge is 0.490 e. The highest BCUT2D eigenvalue weighted by atomic mass is 79.9. The Morgan fingerprint density at radius 3 is 2.47 bits per heavy atom. The molecular formula is C24H20Br2ClNO3S. The van der Waals surface area contributed by atoms with Gasteiger partial charge in [0.1, 0.15) is 12.0 Å². The molecule has 0 N–H and O–H groups in total. The van der Waals surface area contributed by atoms with Gasteiger partial charge >= 0.3 is 0 Å². The number of benzene rings is 3. The second-order valence-electron chi connectivity index (χ2n) is 7.08. The number of amides is 1. The van der Waals surface area contributed by atoms with Crippen LogP contribution in [-0.4, -0.2) is 18.3 Å². The van der Waals surface area contributed by atoms with E-state index >= 15 is 0 Å². The van der Waals surface area contributed by atoms with Crippen LogP contribution < -0.4 is 14.4 Å². The highest BCUT2D eigenvalue weighted by Crippen LogP contribution is 2.46. The number of hydrogen-bond acceptors (Lipinski definition) is 4. The number of anilines is 1. The van der Waals surface area contributed by atoms with E-state index in [0.717, 1.165) is 25.8 Å². The first-order chi connectivity index (χ1) is 15.5. The molecule has 4 rings (SSSR count). The fourth-order valence-corrected chi connectivity index (χ4v) is 5.54. The molecule has 3 aromatic carbocycles. The van der Waals surface area contributed by atoms with E-state index in [2.05, 4.69) is 31.9 Å². The minimum absolute atomic E-state index is 0.0620. The van der Waals surface area contributed by atoms with Crippen molar-refractivity contribution in [3.63, 3.8) is 0 Å². The van der Waals surface area contributed by atoms with E-state index in [4.69, 9.17) is 21.1 Å². The average molecular weight is 598 g/mol. The quantitative estimate of drug-likeness (QED) is 0.281. The van der Waals surface area contributed by atoms with E-state index in [1.165, 1.54) is 0 Å². The number of nitrogens with zero attached hydrogens (tertiary/aromatic N) is 1. The van der Waals surface area contributed by atoms with Crippen molar-refractivity contribution in [3.8, 4) is 11.5 Å². The van der Waals surface area contributed by atoms with Gasteiger partial charge in [0, 0.05) is 15.2 Å². The predicted octanol–water partition coefficient (Wildman–Crippen LogP) is 7.62. The van der Waals surface area contributed by atoms with Gasteiger partial charge in [-0.1, -0.05) is 39.7 Å². The maximum atomic E-state index is 12.7. The molecule has 166 valence electrons. The van der Waals surface area contributed by atoms with Gasteiger partial charge in [0.05, 0.1) is 16.8 Å². The summed E-state index contributed by atoms with van der Waals surface area (Å²) in [5, 5.41) is 0.470. The van der Waals surface area contributed by atoms with Crippen molar-refractivity contribution >= 4 is 66.8 Å². The molecule has 3 aromatic rings. The molecule has 1 saturated heterocycles. The Kier molecular flexibility index (Phi) is 7.71. The number of halogens is 3. The van der Waals surface area contributed by atoms with E-state index < -0.39 is 0 Å². The minimum atomic E-state index is -0.167. The summed E-state index contributed by atoms with van der Waals surface area (Å²) in [4.78, 5) is 14.5. The molecule has 0 aromatic heterocycles. The van der Waals surface area contributed by atoms with Crippen LogP contribution in [0.25, 0.3) is 0 Å². The molecule has 1 atom stereocenters. The Hall–Kier alpha value is -1.67. The van der Waals surface area contributed by atoms with Gasteiger partial charge in [-0.15, -0.1) is 11.8 Å². The molecule has 0 bridgehead atoms. The molecule has 0 unspecified atom stereocenters. The summed E-state index contributed by atoms with van der Waals surface area (Å²) in [5.74, 6) is 1.76. The number of carbonyl (C=O) groups is 1. The van der Waals surface area contributed by atoms with Crippen LogP contribution >= 0.6 is 55.2 Å². The number of carbonyl (C=O) groups excluding carboxylic acids is 1.